The van der Waals surface area contributed by atoms with Crippen LogP contribution in [-0.2, 0) is 9.47 Å². The van der Waals surface area contributed by atoms with Crippen LogP contribution in [0.15, 0.2) is 42.6 Å². The summed E-state index contributed by atoms with van der Waals surface area (Å²) in [5, 5.41) is 3.79. The van der Waals surface area contributed by atoms with Gasteiger partial charge < -0.3 is 24.3 Å². The maximum Gasteiger partial charge on any atom is 0.341 e. The van der Waals surface area contributed by atoms with Crippen LogP contribution in [0.3, 0.4) is 0 Å². The van der Waals surface area contributed by atoms with E-state index in [9.17, 15) is 9.59 Å². The van der Waals surface area contributed by atoms with E-state index in [1.54, 1.807) is 50.4 Å². The number of rotatable bonds is 7. The Morgan fingerprint density at radius 2 is 1.80 bits per heavy atom. The zero-order valence-electron chi connectivity index (χ0n) is 17.1. The average molecular weight is 410 g/mol. The second-order valence-corrected chi connectivity index (χ2v) is 6.15. The first-order valence-electron chi connectivity index (χ1n) is 9.20. The van der Waals surface area contributed by atoms with Crippen LogP contribution in [0.25, 0.3) is 10.9 Å². The maximum atomic E-state index is 12.6. The van der Waals surface area contributed by atoms with Crippen molar-refractivity contribution in [3.8, 4) is 11.5 Å². The summed E-state index contributed by atoms with van der Waals surface area (Å²) in [6.45, 7) is 1.94. The SMILES string of the molecule is CCOC(=O)c1cnc2c(C(=O)OC)cccc2c1Nc1ccc(OC)cc1OC. The lowest BCUT2D eigenvalue weighted by molar-refractivity contribution is 0.0526. The van der Waals surface area contributed by atoms with Gasteiger partial charge in [-0.25, -0.2) is 9.59 Å². The third-order valence-electron chi connectivity index (χ3n) is 4.47. The smallest absolute Gasteiger partial charge is 0.341 e. The number of nitrogens with zero attached hydrogens (tertiary/aromatic N) is 1. The minimum Gasteiger partial charge on any atom is -0.497 e. The molecule has 2 aromatic carbocycles. The third-order valence-corrected chi connectivity index (χ3v) is 4.47. The molecule has 0 aliphatic heterocycles. The summed E-state index contributed by atoms with van der Waals surface area (Å²) in [4.78, 5) is 29.1. The standard InChI is InChI=1S/C22H22N2O6/c1-5-30-22(26)16-12-23-19-14(7-6-8-15(19)21(25)29-4)20(16)24-17-10-9-13(27-2)11-18(17)28-3/h6-12H,5H2,1-4H3,(H,23,24). The number of carbonyl (C=O) groups is 2. The number of fused-ring (bicyclic) bond motifs is 1. The van der Waals surface area contributed by atoms with Crippen LogP contribution in [0.5, 0.6) is 11.5 Å². The van der Waals surface area contributed by atoms with Gasteiger partial charge in [0.1, 0.15) is 17.1 Å². The number of nitrogens with one attached hydrogen (secondary N) is 1. The lowest BCUT2D eigenvalue weighted by Gasteiger charge is -2.17. The van der Waals surface area contributed by atoms with Gasteiger partial charge in [-0.05, 0) is 25.1 Å². The first-order valence-corrected chi connectivity index (χ1v) is 9.20. The predicted molar refractivity (Wildman–Crippen MR) is 112 cm³/mol. The summed E-state index contributed by atoms with van der Waals surface area (Å²) in [6, 6.07) is 10.3. The molecule has 0 fully saturated rings. The van der Waals surface area contributed by atoms with Crippen molar-refractivity contribution in [2.24, 2.45) is 0 Å². The first-order chi connectivity index (χ1) is 14.5. The van der Waals surface area contributed by atoms with Crippen molar-refractivity contribution >= 4 is 34.2 Å². The van der Waals surface area contributed by atoms with Gasteiger partial charge in [0.15, 0.2) is 0 Å². The summed E-state index contributed by atoms with van der Waals surface area (Å²) >= 11 is 0. The molecule has 156 valence electrons. The molecule has 0 atom stereocenters. The van der Waals surface area contributed by atoms with E-state index >= 15 is 0 Å². The van der Waals surface area contributed by atoms with E-state index in [-0.39, 0.29) is 17.7 Å². The molecule has 30 heavy (non-hydrogen) atoms. The highest BCUT2D eigenvalue weighted by molar-refractivity contribution is 6.11. The van der Waals surface area contributed by atoms with E-state index in [2.05, 4.69) is 10.3 Å². The number of methoxy groups -OCH3 is 3. The van der Waals surface area contributed by atoms with Gasteiger partial charge >= 0.3 is 11.9 Å². The van der Waals surface area contributed by atoms with Crippen molar-refractivity contribution in [1.82, 2.24) is 4.98 Å². The lowest BCUT2D eigenvalue weighted by atomic mass is 10.0. The highest BCUT2D eigenvalue weighted by atomic mass is 16.5. The Morgan fingerprint density at radius 1 is 1.00 bits per heavy atom. The van der Waals surface area contributed by atoms with Gasteiger partial charge in [-0.15, -0.1) is 0 Å². The Morgan fingerprint density at radius 3 is 2.47 bits per heavy atom. The number of hydrogen-bond donors (Lipinski definition) is 1. The molecular formula is C22H22N2O6. The molecule has 0 aliphatic rings. The number of benzene rings is 2. The van der Waals surface area contributed by atoms with Crippen molar-refractivity contribution in [1.29, 1.82) is 0 Å². The Kier molecular flexibility index (Phi) is 6.36. The minimum atomic E-state index is -0.537. The average Bonchev–Trinajstić information content (AvgIpc) is 2.78. The molecular weight excluding hydrogens is 388 g/mol. The molecule has 0 unspecified atom stereocenters. The second kappa shape index (κ2) is 9.13. The second-order valence-electron chi connectivity index (χ2n) is 6.15. The van der Waals surface area contributed by atoms with Gasteiger partial charge in [-0.2, -0.15) is 0 Å². The van der Waals surface area contributed by atoms with Crippen LogP contribution in [0.1, 0.15) is 27.6 Å². The van der Waals surface area contributed by atoms with Crippen molar-refractivity contribution in [3.63, 3.8) is 0 Å². The monoisotopic (exact) mass is 410 g/mol. The normalized spacial score (nSPS) is 10.4. The molecule has 0 spiro atoms. The van der Waals surface area contributed by atoms with Gasteiger partial charge in [0, 0.05) is 17.6 Å². The summed E-state index contributed by atoms with van der Waals surface area (Å²) < 4.78 is 20.7. The summed E-state index contributed by atoms with van der Waals surface area (Å²) in [6.07, 6.45) is 1.38. The Hall–Kier alpha value is -3.81. The molecule has 1 aromatic heterocycles. The maximum absolute atomic E-state index is 12.6. The fourth-order valence-electron chi connectivity index (χ4n) is 3.03. The number of hydrogen-bond acceptors (Lipinski definition) is 8. The number of carbonyl (C=O) groups excluding carboxylic acids is 2. The number of pyridine rings is 1. The van der Waals surface area contributed by atoms with Gasteiger partial charge in [0.2, 0.25) is 0 Å². The minimum absolute atomic E-state index is 0.213. The van der Waals surface area contributed by atoms with Crippen molar-refractivity contribution in [2.45, 2.75) is 6.92 Å². The number of esters is 2. The molecule has 0 saturated heterocycles. The molecule has 3 aromatic rings. The van der Waals surface area contributed by atoms with Crippen LogP contribution in [0, 0.1) is 0 Å². The molecule has 0 aliphatic carbocycles. The van der Waals surface area contributed by atoms with Crippen LogP contribution >= 0.6 is 0 Å². The van der Waals surface area contributed by atoms with E-state index < -0.39 is 11.9 Å². The van der Waals surface area contributed by atoms with Crippen LogP contribution in [-0.4, -0.2) is 44.9 Å². The Labute approximate surface area is 173 Å². The largest absolute Gasteiger partial charge is 0.497 e. The number of para-hydroxylation sites is 1. The van der Waals surface area contributed by atoms with E-state index in [1.807, 2.05) is 0 Å². The molecule has 1 heterocycles. The summed E-state index contributed by atoms with van der Waals surface area (Å²) in [5.41, 5.74) is 1.94. The zero-order chi connectivity index (χ0) is 21.7. The summed E-state index contributed by atoms with van der Waals surface area (Å²) in [5.74, 6) is 0.0733. The highest BCUT2D eigenvalue weighted by Gasteiger charge is 2.21. The van der Waals surface area contributed by atoms with E-state index in [4.69, 9.17) is 18.9 Å². The molecule has 3 rings (SSSR count). The summed E-state index contributed by atoms with van der Waals surface area (Å²) in [7, 11) is 4.40. The van der Waals surface area contributed by atoms with E-state index in [0.29, 0.717) is 33.8 Å². The molecule has 0 saturated carbocycles. The van der Waals surface area contributed by atoms with Crippen molar-refractivity contribution in [3.05, 3.63) is 53.7 Å². The molecule has 1 N–H and O–H groups in total. The zero-order valence-corrected chi connectivity index (χ0v) is 17.1. The van der Waals surface area contributed by atoms with Gasteiger partial charge in [0.25, 0.3) is 0 Å². The van der Waals surface area contributed by atoms with Crippen molar-refractivity contribution < 1.29 is 28.5 Å². The predicted octanol–water partition coefficient (Wildman–Crippen LogP) is 3.96. The fourth-order valence-corrected chi connectivity index (χ4v) is 3.03. The Balaban J connectivity index is 2.23. The first kappa shape index (κ1) is 20.9. The fraction of sp³-hybridized carbons (Fsp3) is 0.227. The highest BCUT2D eigenvalue weighted by Crippen LogP contribution is 2.36. The molecule has 0 bridgehead atoms. The van der Waals surface area contributed by atoms with Gasteiger partial charge in [0.05, 0.1) is 50.4 Å². The number of ether oxygens (including phenoxy) is 4. The van der Waals surface area contributed by atoms with Crippen molar-refractivity contribution in [2.75, 3.05) is 33.3 Å². The molecule has 8 nitrogen and oxygen atoms in total. The van der Waals surface area contributed by atoms with Crippen LogP contribution in [0.2, 0.25) is 0 Å². The Bertz CT molecular complexity index is 1100. The molecule has 0 amide bonds. The number of aromatic nitrogens is 1. The van der Waals surface area contributed by atoms with E-state index in [0.717, 1.165) is 0 Å². The topological polar surface area (TPSA) is 96.0 Å². The van der Waals surface area contributed by atoms with Crippen LogP contribution in [0.4, 0.5) is 11.4 Å². The number of anilines is 2. The quantitative estimate of drug-likeness (QED) is 0.585. The van der Waals surface area contributed by atoms with Crippen LogP contribution < -0.4 is 14.8 Å². The lowest BCUT2D eigenvalue weighted by Crippen LogP contribution is -2.11. The van der Waals surface area contributed by atoms with Gasteiger partial charge in [-0.1, -0.05) is 12.1 Å². The third kappa shape index (κ3) is 3.98. The van der Waals surface area contributed by atoms with Gasteiger partial charge in [-0.3, -0.25) is 4.98 Å². The molecule has 0 radical (unpaired) electrons. The molecule has 8 heteroatoms. The van der Waals surface area contributed by atoms with E-state index in [1.165, 1.54) is 20.4 Å².